The number of ether oxygens (including phenoxy) is 1. The minimum Gasteiger partial charge on any atom is -0.462 e. The van der Waals surface area contributed by atoms with Gasteiger partial charge in [0.15, 0.2) is 0 Å². The first-order valence-corrected chi connectivity index (χ1v) is 9.53. The van der Waals surface area contributed by atoms with Crippen LogP contribution in [0.2, 0.25) is 0 Å². The second kappa shape index (κ2) is 8.25. The number of hydrogen-bond donors (Lipinski definition) is 1. The maximum atomic E-state index is 12.5. The summed E-state index contributed by atoms with van der Waals surface area (Å²) in [6.07, 6.45) is 3.07. The number of aromatic nitrogens is 1. The zero-order valence-corrected chi connectivity index (χ0v) is 16.3. The second-order valence-electron chi connectivity index (χ2n) is 5.28. The Morgan fingerprint density at radius 3 is 2.81 bits per heavy atom. The highest BCUT2D eigenvalue weighted by atomic mass is 79.9. The van der Waals surface area contributed by atoms with Crippen LogP contribution in [0.5, 0.6) is 0 Å². The van der Waals surface area contributed by atoms with E-state index in [9.17, 15) is 9.59 Å². The number of nitrogens with zero attached hydrogens (tertiary/aromatic N) is 1. The Morgan fingerprint density at radius 2 is 2.12 bits per heavy atom. The number of thiophene rings is 1. The second-order valence-corrected chi connectivity index (χ2v) is 7.08. The van der Waals surface area contributed by atoms with Crippen molar-refractivity contribution < 1.29 is 14.3 Å². The molecule has 132 valence electrons. The number of halogens is 1. The Bertz CT molecular complexity index is 941. The largest absolute Gasteiger partial charge is 0.462 e. The van der Waals surface area contributed by atoms with Crippen LogP contribution in [0, 0.1) is 0 Å². The summed E-state index contributed by atoms with van der Waals surface area (Å²) in [7, 11) is 0. The number of carbonyl (C=O) groups excluding carboxylic acids is 2. The van der Waals surface area contributed by atoms with Crippen molar-refractivity contribution >= 4 is 44.1 Å². The fraction of sp³-hybridized carbons (Fsp3) is 0.105. The van der Waals surface area contributed by atoms with Gasteiger partial charge in [0, 0.05) is 27.8 Å². The van der Waals surface area contributed by atoms with Crippen LogP contribution in [-0.2, 0) is 4.74 Å². The van der Waals surface area contributed by atoms with E-state index in [2.05, 4.69) is 26.2 Å². The SMILES string of the molecule is CCOC(=O)c1c(-c2cccc(Br)c2)csc1NC(=O)c1cccnc1. The maximum Gasteiger partial charge on any atom is 0.341 e. The molecule has 2 heterocycles. The summed E-state index contributed by atoms with van der Waals surface area (Å²) in [5, 5.41) is 5.09. The lowest BCUT2D eigenvalue weighted by atomic mass is 10.0. The number of esters is 1. The lowest BCUT2D eigenvalue weighted by Gasteiger charge is -2.09. The van der Waals surface area contributed by atoms with Crippen LogP contribution < -0.4 is 5.32 Å². The molecule has 26 heavy (non-hydrogen) atoms. The normalized spacial score (nSPS) is 10.4. The first kappa shape index (κ1) is 18.3. The van der Waals surface area contributed by atoms with Crippen LogP contribution in [0.15, 0.2) is 58.6 Å². The van der Waals surface area contributed by atoms with E-state index in [-0.39, 0.29) is 12.5 Å². The summed E-state index contributed by atoms with van der Waals surface area (Å²) in [6.45, 7) is 2.00. The van der Waals surface area contributed by atoms with E-state index >= 15 is 0 Å². The van der Waals surface area contributed by atoms with E-state index in [1.165, 1.54) is 17.5 Å². The van der Waals surface area contributed by atoms with Gasteiger partial charge in [-0.2, -0.15) is 0 Å². The van der Waals surface area contributed by atoms with Gasteiger partial charge >= 0.3 is 5.97 Å². The van der Waals surface area contributed by atoms with Crippen molar-refractivity contribution in [3.63, 3.8) is 0 Å². The third kappa shape index (κ3) is 4.00. The number of pyridine rings is 1. The Morgan fingerprint density at radius 1 is 1.27 bits per heavy atom. The summed E-state index contributed by atoms with van der Waals surface area (Å²) in [6, 6.07) is 11.0. The molecule has 0 atom stereocenters. The molecule has 0 unspecified atom stereocenters. The molecule has 0 aliphatic carbocycles. The molecular formula is C19H15BrN2O3S. The van der Waals surface area contributed by atoms with Crippen LogP contribution >= 0.6 is 27.3 Å². The third-order valence-electron chi connectivity index (χ3n) is 3.56. The van der Waals surface area contributed by atoms with Gasteiger partial charge in [0.2, 0.25) is 0 Å². The molecule has 0 radical (unpaired) electrons. The molecule has 1 aromatic carbocycles. The maximum absolute atomic E-state index is 12.5. The van der Waals surface area contributed by atoms with Gasteiger partial charge in [0.25, 0.3) is 5.91 Å². The zero-order valence-electron chi connectivity index (χ0n) is 13.9. The van der Waals surface area contributed by atoms with Crippen LogP contribution in [0.3, 0.4) is 0 Å². The predicted molar refractivity (Wildman–Crippen MR) is 106 cm³/mol. The summed E-state index contributed by atoms with van der Waals surface area (Å²) in [4.78, 5) is 28.9. The number of rotatable bonds is 5. The Kier molecular flexibility index (Phi) is 5.80. The van der Waals surface area contributed by atoms with Gasteiger partial charge in [-0.25, -0.2) is 4.79 Å². The summed E-state index contributed by atoms with van der Waals surface area (Å²) in [5.74, 6) is -0.795. The number of amides is 1. The summed E-state index contributed by atoms with van der Waals surface area (Å²) < 4.78 is 6.10. The standard InChI is InChI=1S/C19H15BrN2O3S/c1-2-25-19(24)16-15(12-5-3-7-14(20)9-12)11-26-18(16)22-17(23)13-6-4-8-21-10-13/h3-11H,2H2,1H3,(H,22,23). The van der Waals surface area contributed by atoms with Crippen molar-refractivity contribution in [3.8, 4) is 11.1 Å². The first-order chi connectivity index (χ1) is 12.6. The molecular weight excluding hydrogens is 416 g/mol. The van der Waals surface area contributed by atoms with E-state index in [1.807, 2.05) is 29.6 Å². The summed E-state index contributed by atoms with van der Waals surface area (Å²) in [5.41, 5.74) is 2.35. The Hall–Kier alpha value is -2.51. The zero-order chi connectivity index (χ0) is 18.5. The molecule has 5 nitrogen and oxygen atoms in total. The quantitative estimate of drug-likeness (QED) is 0.578. The van der Waals surface area contributed by atoms with Crippen LogP contribution in [0.1, 0.15) is 27.6 Å². The highest BCUT2D eigenvalue weighted by molar-refractivity contribution is 9.10. The molecule has 7 heteroatoms. The van der Waals surface area contributed by atoms with E-state index in [1.54, 1.807) is 25.3 Å². The molecule has 0 spiro atoms. The average Bonchev–Trinajstić information content (AvgIpc) is 3.06. The van der Waals surface area contributed by atoms with Gasteiger partial charge in [-0.05, 0) is 36.8 Å². The van der Waals surface area contributed by atoms with Gasteiger partial charge in [0.1, 0.15) is 10.6 Å². The van der Waals surface area contributed by atoms with Gasteiger partial charge < -0.3 is 10.1 Å². The molecule has 1 amide bonds. The molecule has 0 saturated heterocycles. The van der Waals surface area contributed by atoms with Gasteiger partial charge in [-0.1, -0.05) is 28.1 Å². The van der Waals surface area contributed by atoms with Crippen LogP contribution in [0.25, 0.3) is 11.1 Å². The molecule has 0 aliphatic heterocycles. The number of carbonyl (C=O) groups is 2. The number of anilines is 1. The Balaban J connectivity index is 2.00. The van der Waals surface area contributed by atoms with E-state index in [0.29, 0.717) is 16.1 Å². The monoisotopic (exact) mass is 430 g/mol. The topological polar surface area (TPSA) is 68.3 Å². The first-order valence-electron chi connectivity index (χ1n) is 7.86. The average molecular weight is 431 g/mol. The molecule has 0 saturated carbocycles. The predicted octanol–water partition coefficient (Wildman–Crippen LogP) is 5.00. The Labute approximate surface area is 163 Å². The number of benzene rings is 1. The van der Waals surface area contributed by atoms with Crippen LogP contribution in [-0.4, -0.2) is 23.5 Å². The van der Waals surface area contributed by atoms with Crippen molar-refractivity contribution in [2.45, 2.75) is 6.92 Å². The molecule has 2 aromatic heterocycles. The fourth-order valence-corrected chi connectivity index (χ4v) is 3.75. The lowest BCUT2D eigenvalue weighted by molar-refractivity contribution is 0.0529. The van der Waals surface area contributed by atoms with E-state index < -0.39 is 5.97 Å². The molecule has 3 aromatic rings. The van der Waals surface area contributed by atoms with Gasteiger partial charge in [-0.15, -0.1) is 11.3 Å². The molecule has 0 aliphatic rings. The minimum absolute atomic E-state index is 0.253. The van der Waals surface area contributed by atoms with Crippen molar-refractivity contribution in [1.29, 1.82) is 0 Å². The summed E-state index contributed by atoms with van der Waals surface area (Å²) >= 11 is 4.73. The van der Waals surface area contributed by atoms with Crippen LogP contribution in [0.4, 0.5) is 5.00 Å². The third-order valence-corrected chi connectivity index (χ3v) is 4.95. The highest BCUT2D eigenvalue weighted by Crippen LogP contribution is 2.37. The smallest absolute Gasteiger partial charge is 0.341 e. The van der Waals surface area contributed by atoms with E-state index in [0.717, 1.165) is 15.6 Å². The highest BCUT2D eigenvalue weighted by Gasteiger charge is 2.23. The minimum atomic E-state index is -0.467. The van der Waals surface area contributed by atoms with Crippen molar-refractivity contribution in [2.24, 2.45) is 0 Å². The van der Waals surface area contributed by atoms with Crippen molar-refractivity contribution in [3.05, 3.63) is 69.8 Å². The molecule has 1 N–H and O–H groups in total. The van der Waals surface area contributed by atoms with E-state index in [4.69, 9.17) is 4.74 Å². The van der Waals surface area contributed by atoms with Crippen molar-refractivity contribution in [2.75, 3.05) is 11.9 Å². The lowest BCUT2D eigenvalue weighted by Crippen LogP contribution is -2.15. The van der Waals surface area contributed by atoms with Gasteiger partial charge in [0.05, 0.1) is 12.2 Å². The molecule has 0 bridgehead atoms. The van der Waals surface area contributed by atoms with Crippen molar-refractivity contribution in [1.82, 2.24) is 4.98 Å². The fourth-order valence-electron chi connectivity index (χ4n) is 2.40. The van der Waals surface area contributed by atoms with Gasteiger partial charge in [-0.3, -0.25) is 9.78 Å². The molecule has 3 rings (SSSR count). The number of nitrogens with one attached hydrogen (secondary N) is 1. The number of hydrogen-bond acceptors (Lipinski definition) is 5. The molecule has 0 fully saturated rings.